The Labute approximate surface area is 107 Å². The molecular formula is C12H5FIN2O-. The number of hydrogen-bond acceptors (Lipinski definition) is 2. The Morgan fingerprint density at radius 2 is 2.24 bits per heavy atom. The van der Waals surface area contributed by atoms with E-state index < -0.39 is 32.5 Å². The average Bonchev–Trinajstić information content (AvgIpc) is 2.32. The van der Waals surface area contributed by atoms with Crippen molar-refractivity contribution in [3.05, 3.63) is 43.5 Å². The molecule has 0 unspecified atom stereocenters. The van der Waals surface area contributed by atoms with Gasteiger partial charge < -0.3 is 0 Å². The Bertz CT molecular complexity index is 737. The van der Waals surface area contributed by atoms with Crippen molar-refractivity contribution in [3.63, 3.8) is 0 Å². The summed E-state index contributed by atoms with van der Waals surface area (Å²) in [5, 5.41) is 9.04. The van der Waals surface area contributed by atoms with Crippen LogP contribution in [0.15, 0.2) is 23.1 Å². The first kappa shape index (κ1) is 11.6. The molecule has 0 aliphatic heterocycles. The molecule has 1 aromatic heterocycles. The molecule has 0 aliphatic carbocycles. The van der Waals surface area contributed by atoms with Crippen molar-refractivity contribution in [2.24, 2.45) is 0 Å². The van der Waals surface area contributed by atoms with Crippen LogP contribution in [0.2, 0.25) is 0 Å². The van der Waals surface area contributed by atoms with Gasteiger partial charge in [-0.2, -0.15) is 0 Å². The van der Waals surface area contributed by atoms with E-state index in [-0.39, 0.29) is 5.56 Å². The van der Waals surface area contributed by atoms with Crippen LogP contribution < -0.4 is 26.6 Å². The van der Waals surface area contributed by atoms with Crippen LogP contribution in [-0.2, 0) is 0 Å². The maximum absolute atomic E-state index is 13.6. The van der Waals surface area contributed by atoms with E-state index in [2.05, 4.69) is 8.91 Å². The van der Waals surface area contributed by atoms with Crippen LogP contribution in [0.3, 0.4) is 0 Å². The number of hydrogen-bond donors (Lipinski definition) is 1. The van der Waals surface area contributed by atoms with Crippen molar-refractivity contribution in [1.29, 1.82) is 5.26 Å². The Hall–Kier alpha value is -1.86. The van der Waals surface area contributed by atoms with Crippen molar-refractivity contribution in [2.75, 3.05) is 0 Å². The first-order valence-electron chi connectivity index (χ1n) is 4.52. The summed E-state index contributed by atoms with van der Waals surface area (Å²) in [5.74, 6) is -0.413. The fourth-order valence-corrected chi connectivity index (χ4v) is 2.64. The van der Waals surface area contributed by atoms with Crippen molar-refractivity contribution in [3.8, 4) is 16.4 Å². The summed E-state index contributed by atoms with van der Waals surface area (Å²) in [6.45, 7) is 0. The fraction of sp³-hybridized carbons (Fsp3) is 0. The number of rotatable bonds is 1. The van der Waals surface area contributed by atoms with E-state index in [4.69, 9.17) is 11.7 Å². The number of aromatic nitrogens is 1. The molecule has 0 fully saturated rings. The topological polar surface area (TPSA) is 56.6 Å². The van der Waals surface area contributed by atoms with Gasteiger partial charge in [-0.05, 0) is 0 Å². The van der Waals surface area contributed by atoms with Gasteiger partial charge in [0.2, 0.25) is 0 Å². The zero-order chi connectivity index (χ0) is 12.4. The standard InChI is InChI=1S/C12H5FIN2O/c1-2-14-10-3-8-11(4-9(10)13)16-6-7(5-15)12(8)17/h1,3-4,6H,(H,16,17)/q-1. The summed E-state index contributed by atoms with van der Waals surface area (Å²) in [6.07, 6.45) is 6.44. The third-order valence-corrected chi connectivity index (χ3v) is 3.92. The van der Waals surface area contributed by atoms with Crippen molar-refractivity contribution >= 4 is 10.9 Å². The quantitative estimate of drug-likeness (QED) is 0.502. The SMILES string of the molecule is C#C[I-]c1cc2c(=O)c(C#N)c[nH]c2cc1F. The van der Waals surface area contributed by atoms with Crippen LogP contribution in [0.25, 0.3) is 10.9 Å². The third-order valence-electron chi connectivity index (χ3n) is 2.20. The van der Waals surface area contributed by atoms with Gasteiger partial charge in [0.05, 0.1) is 0 Å². The monoisotopic (exact) mass is 339 g/mol. The van der Waals surface area contributed by atoms with Crippen LogP contribution in [0.4, 0.5) is 4.39 Å². The van der Waals surface area contributed by atoms with Gasteiger partial charge in [-0.15, -0.1) is 0 Å². The summed E-state index contributed by atoms with van der Waals surface area (Å²) in [7, 11) is 0. The second-order valence-electron chi connectivity index (χ2n) is 3.16. The minimum absolute atomic E-state index is 0.00830. The maximum atomic E-state index is 13.6. The molecular weight excluding hydrogens is 334 g/mol. The number of pyridine rings is 1. The molecule has 0 saturated carbocycles. The first-order chi connectivity index (χ1) is 8.17. The van der Waals surface area contributed by atoms with Crippen LogP contribution in [0.1, 0.15) is 5.56 Å². The van der Waals surface area contributed by atoms with Gasteiger partial charge in [-0.1, -0.05) is 0 Å². The fourth-order valence-electron chi connectivity index (χ4n) is 1.43. The number of nitrogens with zero attached hydrogens (tertiary/aromatic N) is 1. The number of H-pyrrole nitrogens is 1. The van der Waals surface area contributed by atoms with E-state index in [0.29, 0.717) is 14.5 Å². The van der Waals surface area contributed by atoms with Crippen LogP contribution in [0.5, 0.6) is 0 Å². The molecule has 1 heterocycles. The van der Waals surface area contributed by atoms with E-state index >= 15 is 0 Å². The number of terminal acetylenes is 1. The average molecular weight is 339 g/mol. The zero-order valence-electron chi connectivity index (χ0n) is 8.42. The van der Waals surface area contributed by atoms with Gasteiger partial charge in [-0.3, -0.25) is 0 Å². The summed E-state index contributed by atoms with van der Waals surface area (Å²) in [4.78, 5) is 14.5. The Balaban J connectivity index is 2.83. The number of benzene rings is 1. The van der Waals surface area contributed by atoms with Gasteiger partial charge >= 0.3 is 107 Å². The summed E-state index contributed by atoms with van der Waals surface area (Å²) >= 11 is -0.877. The first-order valence-corrected chi connectivity index (χ1v) is 6.67. The molecule has 0 aliphatic rings. The molecule has 2 aromatic rings. The number of halogens is 2. The van der Waals surface area contributed by atoms with Crippen LogP contribution in [-0.4, -0.2) is 4.98 Å². The van der Waals surface area contributed by atoms with Crippen LogP contribution >= 0.6 is 0 Å². The van der Waals surface area contributed by atoms with E-state index in [9.17, 15) is 9.18 Å². The summed E-state index contributed by atoms with van der Waals surface area (Å²) < 4.78 is 16.4. The Morgan fingerprint density at radius 3 is 2.88 bits per heavy atom. The normalized spacial score (nSPS) is 10.1. The molecule has 0 saturated heterocycles. The molecule has 1 N–H and O–H groups in total. The van der Waals surface area contributed by atoms with Crippen molar-refractivity contribution in [2.45, 2.75) is 0 Å². The Morgan fingerprint density at radius 1 is 1.47 bits per heavy atom. The van der Waals surface area contributed by atoms with E-state index in [1.165, 1.54) is 18.3 Å². The third kappa shape index (κ3) is 2.02. The van der Waals surface area contributed by atoms with E-state index in [1.54, 1.807) is 6.07 Å². The second kappa shape index (κ2) is 4.56. The number of nitrogens with one attached hydrogen (secondary N) is 1. The van der Waals surface area contributed by atoms with Gasteiger partial charge in [-0.25, -0.2) is 0 Å². The van der Waals surface area contributed by atoms with Crippen molar-refractivity contribution in [1.82, 2.24) is 4.98 Å². The number of fused-ring (bicyclic) bond motifs is 1. The van der Waals surface area contributed by atoms with E-state index in [0.717, 1.165) is 0 Å². The molecule has 0 bridgehead atoms. The zero-order valence-corrected chi connectivity index (χ0v) is 10.6. The Kier molecular flexibility index (Phi) is 3.12. The summed E-state index contributed by atoms with van der Waals surface area (Å²) in [5.41, 5.74) is -0.0197. The second-order valence-corrected chi connectivity index (χ2v) is 5.48. The van der Waals surface area contributed by atoms with Crippen molar-refractivity contribution < 1.29 is 25.6 Å². The molecule has 3 nitrogen and oxygen atoms in total. The molecule has 84 valence electrons. The van der Waals surface area contributed by atoms with Gasteiger partial charge in [0.15, 0.2) is 0 Å². The molecule has 1 aromatic carbocycles. The molecule has 0 radical (unpaired) electrons. The summed E-state index contributed by atoms with van der Waals surface area (Å²) in [6, 6.07) is 4.47. The molecule has 0 atom stereocenters. The molecule has 2 rings (SSSR count). The molecule has 0 spiro atoms. The van der Waals surface area contributed by atoms with E-state index in [1.807, 2.05) is 0 Å². The molecule has 5 heteroatoms. The predicted molar refractivity (Wildman–Crippen MR) is 56.8 cm³/mol. The number of nitriles is 1. The molecule has 0 amide bonds. The van der Waals surface area contributed by atoms with Crippen LogP contribution in [0, 0.1) is 31.1 Å². The van der Waals surface area contributed by atoms with Gasteiger partial charge in [0.25, 0.3) is 0 Å². The minimum atomic E-state index is -0.877. The molecule has 17 heavy (non-hydrogen) atoms. The van der Waals surface area contributed by atoms with Gasteiger partial charge in [0, 0.05) is 0 Å². The number of aromatic amines is 1. The van der Waals surface area contributed by atoms with Gasteiger partial charge in [0.1, 0.15) is 0 Å². The predicted octanol–water partition coefficient (Wildman–Crippen LogP) is -1.61.